The first kappa shape index (κ1) is 16.7. The number of H-pyrrole nitrogens is 1. The van der Waals surface area contributed by atoms with E-state index in [1.807, 2.05) is 0 Å². The summed E-state index contributed by atoms with van der Waals surface area (Å²) in [6, 6.07) is 5.24. The quantitative estimate of drug-likeness (QED) is 0.435. The molecule has 0 aliphatic rings. The van der Waals surface area contributed by atoms with Crippen LogP contribution in [0.5, 0.6) is 5.88 Å². The van der Waals surface area contributed by atoms with Crippen molar-refractivity contribution in [1.29, 1.82) is 0 Å². The van der Waals surface area contributed by atoms with Gasteiger partial charge >= 0.3 is 11.9 Å². The summed E-state index contributed by atoms with van der Waals surface area (Å²) in [4.78, 5) is 17.0. The van der Waals surface area contributed by atoms with Gasteiger partial charge in [-0.1, -0.05) is 12.1 Å². The fourth-order valence-corrected chi connectivity index (χ4v) is 3.39. The molecule has 9 heteroatoms. The molecule has 0 radical (unpaired) electrons. The highest BCUT2D eigenvalue weighted by atomic mass is 127. The summed E-state index contributed by atoms with van der Waals surface area (Å²) in [5, 5.41) is 9.49. The van der Waals surface area contributed by atoms with Crippen molar-refractivity contribution in [2.24, 2.45) is 0 Å². The predicted octanol–water partition coefficient (Wildman–Crippen LogP) is 4.06. The van der Waals surface area contributed by atoms with Gasteiger partial charge in [-0.25, -0.2) is 9.18 Å². The van der Waals surface area contributed by atoms with Gasteiger partial charge in [0.05, 0.1) is 16.5 Å². The van der Waals surface area contributed by atoms with Gasteiger partial charge in [-0.15, -0.1) is 0 Å². The Balaban J connectivity index is 2.48. The van der Waals surface area contributed by atoms with Gasteiger partial charge < -0.3 is 10.1 Å². The number of alkyl halides is 3. The molecule has 0 saturated heterocycles. The number of halogens is 5. The van der Waals surface area contributed by atoms with Crippen molar-refractivity contribution in [1.82, 2.24) is 9.97 Å². The molecule has 124 valence electrons. The second-order valence-electron chi connectivity index (χ2n) is 4.91. The Morgan fingerprint density at radius 3 is 2.38 bits per heavy atom. The van der Waals surface area contributed by atoms with Crippen LogP contribution in [0.3, 0.4) is 0 Å². The first-order valence-electron chi connectivity index (χ1n) is 6.47. The summed E-state index contributed by atoms with van der Waals surface area (Å²) in [5.74, 6) is -1.37. The fraction of sp³-hybridized carbons (Fsp3) is 0.0667. The molecule has 0 aliphatic carbocycles. The number of aromatic amines is 1. The van der Waals surface area contributed by atoms with Gasteiger partial charge in [-0.05, 0) is 46.4 Å². The molecule has 1 heterocycles. The second kappa shape index (κ2) is 5.72. The highest BCUT2D eigenvalue weighted by Gasteiger charge is 2.36. The van der Waals surface area contributed by atoms with E-state index in [-0.39, 0.29) is 25.6 Å². The molecule has 24 heavy (non-hydrogen) atoms. The Kier molecular flexibility index (Phi) is 3.98. The van der Waals surface area contributed by atoms with Crippen molar-refractivity contribution >= 4 is 33.5 Å². The van der Waals surface area contributed by atoms with Crippen LogP contribution in [0.15, 0.2) is 35.1 Å². The van der Waals surface area contributed by atoms with E-state index in [0.29, 0.717) is 6.07 Å². The van der Waals surface area contributed by atoms with E-state index in [2.05, 4.69) is 9.97 Å². The second-order valence-corrected chi connectivity index (χ2v) is 5.98. The lowest BCUT2D eigenvalue weighted by Crippen LogP contribution is -2.13. The van der Waals surface area contributed by atoms with Crippen molar-refractivity contribution in [3.8, 4) is 17.0 Å². The summed E-state index contributed by atoms with van der Waals surface area (Å²) in [5.41, 5.74) is -1.96. The molecular formula is C15H7F4IN2O2. The molecule has 0 atom stereocenters. The Morgan fingerprint density at radius 1 is 1.17 bits per heavy atom. The lowest BCUT2D eigenvalue weighted by molar-refractivity contribution is -0.137. The zero-order chi connectivity index (χ0) is 17.6. The van der Waals surface area contributed by atoms with Gasteiger partial charge in [-0.2, -0.15) is 18.2 Å². The minimum atomic E-state index is -4.72. The van der Waals surface area contributed by atoms with Crippen LogP contribution in [0.2, 0.25) is 0 Å². The van der Waals surface area contributed by atoms with Gasteiger partial charge in [0.15, 0.2) is 0 Å². The maximum absolute atomic E-state index is 13.5. The minimum Gasteiger partial charge on any atom is -0.493 e. The fourth-order valence-electron chi connectivity index (χ4n) is 2.36. The normalized spacial score (nSPS) is 11.9. The van der Waals surface area contributed by atoms with Gasteiger partial charge in [-0.3, -0.25) is 0 Å². The van der Waals surface area contributed by atoms with Crippen LogP contribution in [0.4, 0.5) is 17.6 Å². The molecule has 3 rings (SSSR count). The highest BCUT2D eigenvalue weighted by molar-refractivity contribution is 14.1. The number of aromatic hydroxyl groups is 1. The SMILES string of the molecule is O=c1nc(O)c2cc(C(F)(F)F)c(-c3ccc(F)cc3)c(I)c2[nH]1. The predicted molar refractivity (Wildman–Crippen MR) is 87.1 cm³/mol. The van der Waals surface area contributed by atoms with Crippen LogP contribution in [0.1, 0.15) is 5.56 Å². The lowest BCUT2D eigenvalue weighted by Gasteiger charge is -2.17. The van der Waals surface area contributed by atoms with Crippen molar-refractivity contribution in [3.05, 3.63) is 55.8 Å². The van der Waals surface area contributed by atoms with E-state index < -0.39 is 29.1 Å². The van der Waals surface area contributed by atoms with E-state index in [4.69, 9.17) is 0 Å². The molecule has 2 aromatic carbocycles. The number of aromatic nitrogens is 2. The maximum atomic E-state index is 13.5. The summed E-state index contributed by atoms with van der Waals surface area (Å²) in [6.07, 6.45) is -4.72. The molecule has 3 aromatic rings. The number of nitrogens with zero attached hydrogens (tertiary/aromatic N) is 1. The van der Waals surface area contributed by atoms with Crippen molar-refractivity contribution in [2.75, 3.05) is 0 Å². The summed E-state index contributed by atoms with van der Waals surface area (Å²) >= 11 is 1.65. The first-order valence-corrected chi connectivity index (χ1v) is 7.55. The van der Waals surface area contributed by atoms with Crippen LogP contribution in [0, 0.1) is 9.39 Å². The van der Waals surface area contributed by atoms with Gasteiger partial charge in [0.1, 0.15) is 5.82 Å². The zero-order valence-electron chi connectivity index (χ0n) is 11.6. The third kappa shape index (κ3) is 2.83. The molecule has 0 unspecified atom stereocenters. The Morgan fingerprint density at radius 2 is 1.79 bits per heavy atom. The number of fused-ring (bicyclic) bond motifs is 1. The number of hydrogen-bond donors (Lipinski definition) is 2. The molecular weight excluding hydrogens is 443 g/mol. The third-order valence-electron chi connectivity index (χ3n) is 3.38. The van der Waals surface area contributed by atoms with E-state index in [1.54, 1.807) is 22.6 Å². The number of rotatable bonds is 1. The molecule has 0 amide bonds. The molecule has 0 aliphatic heterocycles. The molecule has 0 spiro atoms. The lowest BCUT2D eigenvalue weighted by atomic mass is 9.97. The Bertz CT molecular complexity index is 998. The minimum absolute atomic E-state index is 0.0282. The molecule has 2 N–H and O–H groups in total. The standard InChI is InChI=1S/C15H7F4IN2O2/c16-7-3-1-6(2-4-7)10-9(15(17,18)19)5-8-12(11(10)20)21-14(24)22-13(8)23/h1-5H,(H2,21,22,23,24). The van der Waals surface area contributed by atoms with Gasteiger partial charge in [0, 0.05) is 9.13 Å². The van der Waals surface area contributed by atoms with Gasteiger partial charge in [0.25, 0.3) is 0 Å². The van der Waals surface area contributed by atoms with Gasteiger partial charge in [0.2, 0.25) is 5.88 Å². The van der Waals surface area contributed by atoms with E-state index >= 15 is 0 Å². The Hall–Kier alpha value is -2.17. The average Bonchev–Trinajstić information content (AvgIpc) is 2.48. The van der Waals surface area contributed by atoms with Crippen LogP contribution in [-0.4, -0.2) is 15.1 Å². The Labute approximate surface area is 145 Å². The van der Waals surface area contributed by atoms with Crippen LogP contribution >= 0.6 is 22.6 Å². The molecule has 4 nitrogen and oxygen atoms in total. The topological polar surface area (TPSA) is 66.0 Å². The molecule has 0 fully saturated rings. The average molecular weight is 450 g/mol. The molecule has 0 saturated carbocycles. The van der Waals surface area contributed by atoms with Crippen LogP contribution < -0.4 is 5.69 Å². The van der Waals surface area contributed by atoms with Crippen LogP contribution in [0.25, 0.3) is 22.0 Å². The van der Waals surface area contributed by atoms with E-state index in [1.165, 1.54) is 12.1 Å². The maximum Gasteiger partial charge on any atom is 0.417 e. The molecule has 0 bridgehead atoms. The summed E-state index contributed by atoms with van der Waals surface area (Å²) in [6.45, 7) is 0. The monoisotopic (exact) mass is 450 g/mol. The van der Waals surface area contributed by atoms with E-state index in [0.717, 1.165) is 12.1 Å². The van der Waals surface area contributed by atoms with Crippen molar-refractivity contribution in [2.45, 2.75) is 6.18 Å². The van der Waals surface area contributed by atoms with Crippen LogP contribution in [-0.2, 0) is 6.18 Å². The summed E-state index contributed by atoms with van der Waals surface area (Å²) < 4.78 is 53.6. The number of hydrogen-bond acceptors (Lipinski definition) is 3. The smallest absolute Gasteiger partial charge is 0.417 e. The third-order valence-corrected chi connectivity index (χ3v) is 4.46. The number of benzene rings is 2. The van der Waals surface area contributed by atoms with Crippen molar-refractivity contribution in [3.63, 3.8) is 0 Å². The number of nitrogens with one attached hydrogen (secondary N) is 1. The van der Waals surface area contributed by atoms with E-state index in [9.17, 15) is 27.5 Å². The first-order chi connectivity index (χ1) is 11.2. The molecule has 1 aromatic heterocycles. The zero-order valence-corrected chi connectivity index (χ0v) is 13.7. The summed E-state index contributed by atoms with van der Waals surface area (Å²) in [7, 11) is 0. The van der Waals surface area contributed by atoms with Crippen molar-refractivity contribution < 1.29 is 22.7 Å². The highest BCUT2D eigenvalue weighted by Crippen LogP contribution is 2.43. The largest absolute Gasteiger partial charge is 0.493 e.